The first kappa shape index (κ1) is 13.7. The van der Waals surface area contributed by atoms with Crippen LogP contribution in [0.4, 0.5) is 4.39 Å². The van der Waals surface area contributed by atoms with Gasteiger partial charge in [0.1, 0.15) is 5.82 Å². The maximum absolute atomic E-state index is 13.7. The molecule has 1 aliphatic carbocycles. The van der Waals surface area contributed by atoms with E-state index in [4.69, 9.17) is 5.73 Å². The quantitative estimate of drug-likeness (QED) is 0.917. The van der Waals surface area contributed by atoms with Gasteiger partial charge in [0.2, 0.25) is 0 Å². The summed E-state index contributed by atoms with van der Waals surface area (Å²) in [5.74, 6) is 0.187. The minimum atomic E-state index is -1.33. The highest BCUT2D eigenvalue weighted by Gasteiger charge is 2.33. The molecule has 0 amide bonds. The number of rotatable bonds is 3. The summed E-state index contributed by atoms with van der Waals surface area (Å²) in [5, 5.41) is -0.111. The molecule has 0 saturated heterocycles. The van der Waals surface area contributed by atoms with Crippen LogP contribution in [0.3, 0.4) is 0 Å². The van der Waals surface area contributed by atoms with Crippen LogP contribution in [0.5, 0.6) is 0 Å². The van der Waals surface area contributed by atoms with E-state index in [1.165, 1.54) is 6.07 Å². The summed E-state index contributed by atoms with van der Waals surface area (Å²) in [7, 11) is -1.33. The van der Waals surface area contributed by atoms with Crippen LogP contribution in [0, 0.1) is 11.7 Å². The van der Waals surface area contributed by atoms with Crippen LogP contribution >= 0.6 is 0 Å². The van der Waals surface area contributed by atoms with E-state index in [0.717, 1.165) is 25.7 Å². The summed E-state index contributed by atoms with van der Waals surface area (Å²) in [6.07, 6.45) is 3.92. The van der Waals surface area contributed by atoms with Crippen molar-refractivity contribution >= 4 is 10.8 Å². The third-order valence-corrected chi connectivity index (χ3v) is 5.71. The molecule has 4 unspecified atom stereocenters. The molecule has 4 atom stereocenters. The summed E-state index contributed by atoms with van der Waals surface area (Å²) in [6.45, 7) is 2.14. The Bertz CT molecular complexity index is 438. The summed E-state index contributed by atoms with van der Waals surface area (Å²) in [5.41, 5.74) is 6.07. The molecule has 4 heteroatoms. The molecule has 1 saturated carbocycles. The van der Waals surface area contributed by atoms with E-state index >= 15 is 0 Å². The molecule has 0 aromatic heterocycles. The van der Waals surface area contributed by atoms with Crippen molar-refractivity contribution in [2.24, 2.45) is 11.7 Å². The maximum Gasteiger partial charge on any atom is 0.139 e. The lowest BCUT2D eigenvalue weighted by molar-refractivity contribution is 0.323. The average Bonchev–Trinajstić information content (AvgIpc) is 2.39. The predicted molar refractivity (Wildman–Crippen MR) is 72.2 cm³/mol. The fourth-order valence-electron chi connectivity index (χ4n) is 2.62. The second kappa shape index (κ2) is 5.93. The highest BCUT2D eigenvalue weighted by molar-refractivity contribution is 7.85. The lowest BCUT2D eigenvalue weighted by atomic mass is 9.84. The minimum Gasteiger partial charge on any atom is -0.327 e. The molecule has 1 fully saturated rings. The first-order valence-electron chi connectivity index (χ1n) is 6.54. The van der Waals surface area contributed by atoms with Crippen LogP contribution < -0.4 is 5.73 Å². The second-order valence-electron chi connectivity index (χ2n) is 5.02. The van der Waals surface area contributed by atoms with Crippen molar-refractivity contribution in [3.63, 3.8) is 0 Å². The Morgan fingerprint density at radius 1 is 1.39 bits per heavy atom. The molecule has 1 aromatic carbocycles. The van der Waals surface area contributed by atoms with Gasteiger partial charge in [-0.05, 0) is 37.3 Å². The average molecular weight is 269 g/mol. The molecular formula is C14H20FNOS. The van der Waals surface area contributed by atoms with Crippen molar-refractivity contribution in [3.05, 3.63) is 30.1 Å². The second-order valence-corrected chi connectivity index (χ2v) is 6.66. The zero-order chi connectivity index (χ0) is 13.1. The van der Waals surface area contributed by atoms with E-state index in [2.05, 4.69) is 6.92 Å². The summed E-state index contributed by atoms with van der Waals surface area (Å²) in [6, 6.07) is 6.23. The first-order valence-corrected chi connectivity index (χ1v) is 7.75. The van der Waals surface area contributed by atoms with Crippen molar-refractivity contribution in [1.29, 1.82) is 0 Å². The number of halogens is 1. The van der Waals surface area contributed by atoms with Crippen molar-refractivity contribution in [3.8, 4) is 0 Å². The normalized spacial score (nSPS) is 30.1. The Morgan fingerprint density at radius 2 is 2.11 bits per heavy atom. The van der Waals surface area contributed by atoms with Gasteiger partial charge in [-0.2, -0.15) is 0 Å². The van der Waals surface area contributed by atoms with Gasteiger partial charge >= 0.3 is 0 Å². The van der Waals surface area contributed by atoms with Gasteiger partial charge < -0.3 is 5.73 Å². The monoisotopic (exact) mass is 269 g/mol. The topological polar surface area (TPSA) is 43.1 Å². The van der Waals surface area contributed by atoms with Gasteiger partial charge in [-0.3, -0.25) is 4.21 Å². The Morgan fingerprint density at radius 3 is 2.78 bits per heavy atom. The van der Waals surface area contributed by atoms with Gasteiger partial charge in [0, 0.05) is 6.04 Å². The molecule has 0 aliphatic heterocycles. The molecule has 100 valence electrons. The van der Waals surface area contributed by atoms with Crippen molar-refractivity contribution in [2.75, 3.05) is 0 Å². The van der Waals surface area contributed by atoms with E-state index < -0.39 is 10.8 Å². The SMILES string of the molecule is CCC1CCC(N)C(S(=O)c2ccccc2F)C1. The molecule has 2 N–H and O–H groups in total. The Kier molecular flexibility index (Phi) is 4.51. The van der Waals surface area contributed by atoms with Crippen molar-refractivity contribution in [1.82, 2.24) is 0 Å². The Hall–Kier alpha value is -0.740. The maximum atomic E-state index is 13.7. The zero-order valence-electron chi connectivity index (χ0n) is 10.6. The molecular weight excluding hydrogens is 249 g/mol. The fraction of sp³-hybridized carbons (Fsp3) is 0.571. The van der Waals surface area contributed by atoms with Crippen molar-refractivity contribution in [2.45, 2.75) is 48.8 Å². The number of hydrogen-bond acceptors (Lipinski definition) is 2. The van der Waals surface area contributed by atoms with Crippen LogP contribution in [0.2, 0.25) is 0 Å². The molecule has 2 nitrogen and oxygen atoms in total. The van der Waals surface area contributed by atoms with Gasteiger partial charge in [0.05, 0.1) is 20.9 Å². The van der Waals surface area contributed by atoms with E-state index in [-0.39, 0.29) is 17.1 Å². The number of nitrogens with two attached hydrogens (primary N) is 1. The van der Waals surface area contributed by atoms with E-state index in [9.17, 15) is 8.60 Å². The molecule has 0 bridgehead atoms. The number of hydrogen-bond donors (Lipinski definition) is 1. The minimum absolute atomic E-state index is 0.0757. The molecule has 0 spiro atoms. The number of benzene rings is 1. The smallest absolute Gasteiger partial charge is 0.139 e. The molecule has 1 aliphatic rings. The lowest BCUT2D eigenvalue weighted by Crippen LogP contribution is -2.43. The Labute approximate surface area is 110 Å². The van der Waals surface area contributed by atoms with E-state index in [1.807, 2.05) is 0 Å². The summed E-state index contributed by atoms with van der Waals surface area (Å²) in [4.78, 5) is 0.301. The van der Waals surface area contributed by atoms with Crippen LogP contribution in [0.15, 0.2) is 29.2 Å². The van der Waals surface area contributed by atoms with Crippen LogP contribution in [-0.2, 0) is 10.8 Å². The lowest BCUT2D eigenvalue weighted by Gasteiger charge is -2.33. The Balaban J connectivity index is 2.19. The predicted octanol–water partition coefficient (Wildman–Crippen LogP) is 2.84. The van der Waals surface area contributed by atoms with Gasteiger partial charge in [0.15, 0.2) is 0 Å². The summed E-state index contributed by atoms with van der Waals surface area (Å²) < 4.78 is 26.2. The van der Waals surface area contributed by atoms with Crippen LogP contribution in [-0.4, -0.2) is 15.5 Å². The standard InChI is InChI=1S/C14H20FNOS/c1-2-10-7-8-12(16)14(9-10)18(17)13-6-4-3-5-11(13)15/h3-6,10,12,14H,2,7-9,16H2,1H3. The fourth-order valence-corrected chi connectivity index (χ4v) is 4.32. The molecule has 0 heterocycles. The molecule has 2 rings (SSSR count). The molecule has 18 heavy (non-hydrogen) atoms. The van der Waals surface area contributed by atoms with Crippen molar-refractivity contribution < 1.29 is 8.60 Å². The first-order chi connectivity index (χ1) is 8.63. The largest absolute Gasteiger partial charge is 0.327 e. The highest BCUT2D eigenvalue weighted by atomic mass is 32.2. The van der Waals surface area contributed by atoms with Gasteiger partial charge in [-0.15, -0.1) is 0 Å². The third kappa shape index (κ3) is 2.81. The van der Waals surface area contributed by atoms with Crippen LogP contribution in [0.1, 0.15) is 32.6 Å². The van der Waals surface area contributed by atoms with E-state index in [0.29, 0.717) is 10.8 Å². The van der Waals surface area contributed by atoms with Crippen LogP contribution in [0.25, 0.3) is 0 Å². The van der Waals surface area contributed by atoms with Gasteiger partial charge in [-0.1, -0.05) is 25.5 Å². The zero-order valence-corrected chi connectivity index (χ0v) is 11.5. The van der Waals surface area contributed by atoms with E-state index in [1.54, 1.807) is 18.2 Å². The highest BCUT2D eigenvalue weighted by Crippen LogP contribution is 2.31. The van der Waals surface area contributed by atoms with Gasteiger partial charge in [0.25, 0.3) is 0 Å². The van der Waals surface area contributed by atoms with Gasteiger partial charge in [-0.25, -0.2) is 4.39 Å². The molecule has 1 aromatic rings. The summed E-state index contributed by atoms with van der Waals surface area (Å²) >= 11 is 0. The third-order valence-electron chi connectivity index (χ3n) is 3.86. The molecule has 0 radical (unpaired) electrons.